The minimum atomic E-state index is -4.65. The zero-order chi connectivity index (χ0) is 8.70. The smallest absolute Gasteiger partial charge is 0.379 e. The first-order valence-electron chi connectivity index (χ1n) is 3.08. The van der Waals surface area contributed by atoms with Gasteiger partial charge in [-0.05, 0) is 0 Å². The van der Waals surface area contributed by atoms with E-state index in [2.05, 4.69) is 0 Å². The third-order valence-corrected chi connectivity index (χ3v) is 1.76. The average Bonchev–Trinajstić information content (AvgIpc) is 2.10. The molecule has 0 unspecified atom stereocenters. The van der Waals surface area contributed by atoms with Crippen molar-refractivity contribution in [3.05, 3.63) is 0 Å². The van der Waals surface area contributed by atoms with Crippen LogP contribution < -0.4 is 0 Å². The van der Waals surface area contributed by atoms with Gasteiger partial charge in [-0.3, -0.25) is 0 Å². The molecule has 0 aliphatic carbocycles. The summed E-state index contributed by atoms with van der Waals surface area (Å²) >= 11 is 0. The standard InChI is InChI=1S/C5H8F3NO2/c6-5(7,8)4(10)1-2-9(11)3-4/h10-11H,1-3H2/t4-/m0/s1. The molecule has 0 radical (unpaired) electrons. The second-order valence-corrected chi connectivity index (χ2v) is 2.67. The van der Waals surface area contributed by atoms with Gasteiger partial charge in [0.2, 0.25) is 0 Å². The predicted molar refractivity (Wildman–Crippen MR) is 29.0 cm³/mol. The van der Waals surface area contributed by atoms with E-state index in [-0.39, 0.29) is 6.54 Å². The van der Waals surface area contributed by atoms with Gasteiger partial charge in [-0.15, -0.1) is 0 Å². The summed E-state index contributed by atoms with van der Waals surface area (Å²) < 4.78 is 35.8. The summed E-state index contributed by atoms with van der Waals surface area (Å²) in [6.45, 7) is -0.896. The number of hydrogen-bond acceptors (Lipinski definition) is 3. The number of rotatable bonds is 0. The largest absolute Gasteiger partial charge is 0.418 e. The van der Waals surface area contributed by atoms with Crippen LogP contribution in [0.15, 0.2) is 0 Å². The summed E-state index contributed by atoms with van der Waals surface area (Å²) in [5.74, 6) is 0. The fourth-order valence-electron chi connectivity index (χ4n) is 1.01. The van der Waals surface area contributed by atoms with Crippen LogP contribution in [0.1, 0.15) is 6.42 Å². The molecular formula is C5H8F3NO2. The highest BCUT2D eigenvalue weighted by Crippen LogP contribution is 2.36. The summed E-state index contributed by atoms with van der Waals surface area (Å²) in [7, 11) is 0. The molecule has 1 rings (SSSR count). The maximum Gasteiger partial charge on any atom is 0.418 e. The lowest BCUT2D eigenvalue weighted by atomic mass is 10.0. The Labute approximate surface area is 61.0 Å². The Balaban J connectivity index is 2.69. The van der Waals surface area contributed by atoms with E-state index in [9.17, 15) is 13.2 Å². The molecule has 11 heavy (non-hydrogen) atoms. The second kappa shape index (κ2) is 2.33. The van der Waals surface area contributed by atoms with Crippen molar-refractivity contribution in [2.75, 3.05) is 13.1 Å². The minimum absolute atomic E-state index is 0.143. The van der Waals surface area contributed by atoms with E-state index in [0.29, 0.717) is 5.06 Å². The molecule has 0 bridgehead atoms. The van der Waals surface area contributed by atoms with Gasteiger partial charge in [0.1, 0.15) is 0 Å². The van der Waals surface area contributed by atoms with Gasteiger partial charge in [-0.1, -0.05) is 0 Å². The summed E-state index contributed by atoms with van der Waals surface area (Å²) in [5.41, 5.74) is -2.72. The number of nitrogens with zero attached hydrogens (tertiary/aromatic N) is 1. The third kappa shape index (κ3) is 1.47. The van der Waals surface area contributed by atoms with Gasteiger partial charge in [0, 0.05) is 13.0 Å². The Bertz CT molecular complexity index is 160. The van der Waals surface area contributed by atoms with Crippen molar-refractivity contribution in [1.29, 1.82) is 0 Å². The van der Waals surface area contributed by atoms with E-state index in [1.165, 1.54) is 0 Å². The van der Waals surface area contributed by atoms with Crippen LogP contribution in [-0.4, -0.2) is 40.2 Å². The van der Waals surface area contributed by atoms with E-state index >= 15 is 0 Å². The molecule has 6 heteroatoms. The van der Waals surface area contributed by atoms with Crippen LogP contribution in [0.25, 0.3) is 0 Å². The molecule has 2 N–H and O–H groups in total. The molecule has 1 heterocycles. The lowest BCUT2D eigenvalue weighted by molar-refractivity contribution is -0.260. The molecular weight excluding hydrogens is 163 g/mol. The third-order valence-electron chi connectivity index (χ3n) is 1.76. The number of aliphatic hydroxyl groups is 1. The van der Waals surface area contributed by atoms with E-state index in [0.717, 1.165) is 0 Å². The zero-order valence-electron chi connectivity index (χ0n) is 5.60. The predicted octanol–water partition coefficient (Wildman–Crippen LogP) is 0.375. The second-order valence-electron chi connectivity index (χ2n) is 2.67. The van der Waals surface area contributed by atoms with Gasteiger partial charge in [0.25, 0.3) is 0 Å². The molecule has 1 saturated heterocycles. The normalized spacial score (nSPS) is 34.6. The fraction of sp³-hybridized carbons (Fsp3) is 1.00. The lowest BCUT2D eigenvalue weighted by Gasteiger charge is -2.24. The van der Waals surface area contributed by atoms with Gasteiger partial charge in [-0.2, -0.15) is 18.2 Å². The van der Waals surface area contributed by atoms with Crippen LogP contribution in [-0.2, 0) is 0 Å². The Morgan fingerprint density at radius 3 is 2.09 bits per heavy atom. The number of β-amino-alcohol motifs (C(OH)–C–C–N with tert-alkyl or cyclic N) is 1. The molecule has 1 fully saturated rings. The number of hydrogen-bond donors (Lipinski definition) is 2. The van der Waals surface area contributed by atoms with Crippen LogP contribution in [0.2, 0.25) is 0 Å². The van der Waals surface area contributed by atoms with Crippen LogP contribution in [0.3, 0.4) is 0 Å². The van der Waals surface area contributed by atoms with Crippen LogP contribution >= 0.6 is 0 Å². The Morgan fingerprint density at radius 2 is 1.91 bits per heavy atom. The highest BCUT2D eigenvalue weighted by atomic mass is 19.4. The van der Waals surface area contributed by atoms with Crippen LogP contribution in [0.5, 0.6) is 0 Å². The molecule has 0 spiro atoms. The molecule has 1 aliphatic heterocycles. The van der Waals surface area contributed by atoms with Crippen LogP contribution in [0, 0.1) is 0 Å². The van der Waals surface area contributed by atoms with E-state index in [4.69, 9.17) is 10.3 Å². The first kappa shape index (κ1) is 8.76. The van der Waals surface area contributed by atoms with Gasteiger partial charge in [-0.25, -0.2) is 0 Å². The quantitative estimate of drug-likeness (QED) is 0.553. The summed E-state index contributed by atoms with van der Waals surface area (Å²) in [4.78, 5) is 0. The SMILES string of the molecule is ON1CC[C@@](O)(C(F)(F)F)C1. The maximum atomic E-state index is 11.9. The van der Waals surface area contributed by atoms with E-state index < -0.39 is 24.7 Å². The summed E-state index contributed by atoms with van der Waals surface area (Å²) in [6, 6.07) is 0. The Hall–Kier alpha value is -0.330. The fourth-order valence-corrected chi connectivity index (χ4v) is 1.01. The van der Waals surface area contributed by atoms with Gasteiger partial charge in [0.15, 0.2) is 5.60 Å². The minimum Gasteiger partial charge on any atom is -0.379 e. The van der Waals surface area contributed by atoms with Gasteiger partial charge < -0.3 is 10.3 Å². The Morgan fingerprint density at radius 1 is 1.36 bits per heavy atom. The first-order valence-corrected chi connectivity index (χ1v) is 3.08. The van der Waals surface area contributed by atoms with Crippen molar-refractivity contribution < 1.29 is 23.5 Å². The van der Waals surface area contributed by atoms with Crippen molar-refractivity contribution in [2.24, 2.45) is 0 Å². The van der Waals surface area contributed by atoms with Crippen molar-refractivity contribution in [3.63, 3.8) is 0 Å². The van der Waals surface area contributed by atoms with Crippen molar-refractivity contribution in [1.82, 2.24) is 5.06 Å². The summed E-state index contributed by atoms with van der Waals surface area (Å²) in [6.07, 6.45) is -5.11. The van der Waals surface area contributed by atoms with Crippen LogP contribution in [0.4, 0.5) is 13.2 Å². The monoisotopic (exact) mass is 171 g/mol. The van der Waals surface area contributed by atoms with Gasteiger partial charge >= 0.3 is 6.18 Å². The number of hydroxylamine groups is 2. The zero-order valence-corrected chi connectivity index (χ0v) is 5.60. The topological polar surface area (TPSA) is 43.7 Å². The molecule has 1 aliphatic rings. The molecule has 3 nitrogen and oxygen atoms in total. The highest BCUT2D eigenvalue weighted by molar-refractivity contribution is 4.93. The molecule has 0 aromatic heterocycles. The van der Waals surface area contributed by atoms with Gasteiger partial charge in [0.05, 0.1) is 6.54 Å². The first-order chi connectivity index (χ1) is 4.85. The molecule has 66 valence electrons. The van der Waals surface area contributed by atoms with Crippen molar-refractivity contribution in [3.8, 4) is 0 Å². The molecule has 0 amide bonds. The van der Waals surface area contributed by atoms with Crippen molar-refractivity contribution >= 4 is 0 Å². The van der Waals surface area contributed by atoms with E-state index in [1.807, 2.05) is 0 Å². The molecule has 1 atom stereocenters. The Kier molecular flexibility index (Phi) is 1.85. The lowest BCUT2D eigenvalue weighted by Crippen LogP contribution is -2.46. The number of halogens is 3. The maximum absolute atomic E-state index is 11.9. The summed E-state index contributed by atoms with van der Waals surface area (Å²) in [5, 5.41) is 17.9. The van der Waals surface area contributed by atoms with Crippen molar-refractivity contribution in [2.45, 2.75) is 18.2 Å². The number of alkyl halides is 3. The molecule has 0 aromatic rings. The highest BCUT2D eigenvalue weighted by Gasteiger charge is 2.57. The average molecular weight is 171 g/mol. The molecule has 0 saturated carbocycles. The molecule has 0 aromatic carbocycles. The van der Waals surface area contributed by atoms with E-state index in [1.54, 1.807) is 0 Å².